The van der Waals surface area contributed by atoms with Crippen molar-refractivity contribution in [2.75, 3.05) is 5.73 Å². The first-order valence-electron chi connectivity index (χ1n) is 4.46. The van der Waals surface area contributed by atoms with Crippen molar-refractivity contribution in [2.45, 2.75) is 0 Å². The van der Waals surface area contributed by atoms with Gasteiger partial charge in [0.25, 0.3) is 0 Å². The summed E-state index contributed by atoms with van der Waals surface area (Å²) in [6, 6.07) is 7.26. The normalized spacial score (nSPS) is 10.2. The Kier molecular flexibility index (Phi) is 2.24. The highest BCUT2D eigenvalue weighted by Gasteiger charge is 2.14. The van der Waals surface area contributed by atoms with Gasteiger partial charge >= 0.3 is 5.97 Å². The number of benzene rings is 1. The van der Waals surface area contributed by atoms with E-state index in [1.54, 1.807) is 12.1 Å². The number of phenolic OH excluding ortho intramolecular Hbond substituents is 1. The minimum Gasteiger partial charge on any atom is -0.508 e. The van der Waals surface area contributed by atoms with Crippen LogP contribution >= 0.6 is 0 Å². The molecule has 16 heavy (non-hydrogen) atoms. The molecule has 0 aliphatic heterocycles. The summed E-state index contributed by atoms with van der Waals surface area (Å²) in [4.78, 5) is 10.9. The van der Waals surface area contributed by atoms with Gasteiger partial charge in [-0.1, -0.05) is 0 Å². The fraction of sp³-hybridized carbons (Fsp3) is 0. The van der Waals surface area contributed by atoms with Crippen LogP contribution in [-0.2, 0) is 0 Å². The highest BCUT2D eigenvalue weighted by atomic mass is 16.4. The number of nitrogens with zero attached hydrogens (tertiary/aromatic N) is 2. The number of hydrogen-bond donors (Lipinski definition) is 3. The quantitative estimate of drug-likeness (QED) is 0.695. The molecule has 4 N–H and O–H groups in total. The molecule has 0 aliphatic carbocycles. The number of hydrogen-bond acceptors (Lipinski definition) is 4. The van der Waals surface area contributed by atoms with Crippen LogP contribution in [0.3, 0.4) is 0 Å². The number of nitrogens with two attached hydrogens (primary N) is 1. The van der Waals surface area contributed by atoms with Gasteiger partial charge in [0, 0.05) is 6.07 Å². The molecule has 0 radical (unpaired) electrons. The first-order chi connectivity index (χ1) is 7.58. The van der Waals surface area contributed by atoms with E-state index >= 15 is 0 Å². The second-order valence-electron chi connectivity index (χ2n) is 3.19. The Morgan fingerprint density at radius 3 is 2.50 bits per heavy atom. The first kappa shape index (κ1) is 10.0. The Bertz CT molecular complexity index is 531. The number of anilines is 1. The van der Waals surface area contributed by atoms with Crippen LogP contribution in [0.4, 0.5) is 5.82 Å². The van der Waals surface area contributed by atoms with E-state index < -0.39 is 5.97 Å². The zero-order chi connectivity index (χ0) is 11.7. The van der Waals surface area contributed by atoms with E-state index in [0.717, 1.165) is 0 Å². The Morgan fingerprint density at radius 2 is 1.94 bits per heavy atom. The summed E-state index contributed by atoms with van der Waals surface area (Å²) >= 11 is 0. The van der Waals surface area contributed by atoms with Crippen molar-refractivity contribution in [2.24, 2.45) is 0 Å². The summed E-state index contributed by atoms with van der Waals surface area (Å²) in [5.41, 5.74) is 5.94. The van der Waals surface area contributed by atoms with Gasteiger partial charge in [-0.2, -0.15) is 0 Å². The van der Waals surface area contributed by atoms with Crippen molar-refractivity contribution in [1.82, 2.24) is 9.78 Å². The zero-order valence-corrected chi connectivity index (χ0v) is 8.16. The van der Waals surface area contributed by atoms with Crippen molar-refractivity contribution in [1.29, 1.82) is 0 Å². The second kappa shape index (κ2) is 3.58. The number of rotatable bonds is 2. The summed E-state index contributed by atoms with van der Waals surface area (Å²) in [5.74, 6) is -0.886. The minimum atomic E-state index is -1.11. The molecule has 1 heterocycles. The van der Waals surface area contributed by atoms with E-state index in [2.05, 4.69) is 5.10 Å². The molecule has 6 heteroatoms. The van der Waals surface area contributed by atoms with Crippen LogP contribution in [0.1, 0.15) is 10.5 Å². The predicted octanol–water partition coefficient (Wildman–Crippen LogP) is 0.858. The van der Waals surface area contributed by atoms with Crippen molar-refractivity contribution < 1.29 is 15.0 Å². The third-order valence-corrected chi connectivity index (χ3v) is 2.04. The lowest BCUT2D eigenvalue weighted by Gasteiger charge is -2.03. The molecular weight excluding hydrogens is 210 g/mol. The monoisotopic (exact) mass is 219 g/mol. The summed E-state index contributed by atoms with van der Waals surface area (Å²) < 4.78 is 1.21. The fourth-order valence-electron chi connectivity index (χ4n) is 1.34. The molecule has 0 spiro atoms. The van der Waals surface area contributed by atoms with E-state index in [-0.39, 0.29) is 17.3 Å². The van der Waals surface area contributed by atoms with Crippen LogP contribution in [0.2, 0.25) is 0 Å². The van der Waals surface area contributed by atoms with E-state index in [4.69, 9.17) is 15.9 Å². The topological polar surface area (TPSA) is 101 Å². The molecule has 2 aromatic rings. The Balaban J connectivity index is 2.55. The first-order valence-corrected chi connectivity index (χ1v) is 4.46. The van der Waals surface area contributed by atoms with Gasteiger partial charge in [0.15, 0.2) is 5.69 Å². The SMILES string of the molecule is Nc1cc(C(=O)O)n(-c2ccc(O)cc2)n1. The maximum atomic E-state index is 10.9. The van der Waals surface area contributed by atoms with Crippen molar-refractivity contribution in [3.05, 3.63) is 36.0 Å². The smallest absolute Gasteiger partial charge is 0.354 e. The van der Waals surface area contributed by atoms with Crippen molar-refractivity contribution in [3.8, 4) is 11.4 Å². The Morgan fingerprint density at radius 1 is 1.31 bits per heavy atom. The number of carboxylic acid groups (broad SMARTS) is 1. The number of carbonyl (C=O) groups is 1. The van der Waals surface area contributed by atoms with Crippen LogP contribution in [-0.4, -0.2) is 26.0 Å². The van der Waals surface area contributed by atoms with Gasteiger partial charge < -0.3 is 15.9 Å². The molecule has 0 saturated carbocycles. The molecule has 0 aliphatic rings. The van der Waals surface area contributed by atoms with Crippen LogP contribution < -0.4 is 5.73 Å². The molecule has 0 amide bonds. The van der Waals surface area contributed by atoms with E-state index in [9.17, 15) is 4.79 Å². The molecule has 1 aromatic carbocycles. The number of phenols is 1. The lowest BCUT2D eigenvalue weighted by Crippen LogP contribution is -2.07. The molecule has 0 fully saturated rings. The number of nitrogen functional groups attached to an aromatic ring is 1. The van der Waals surface area contributed by atoms with Gasteiger partial charge in [-0.15, -0.1) is 5.10 Å². The maximum absolute atomic E-state index is 10.9. The van der Waals surface area contributed by atoms with Crippen LogP contribution in [0.25, 0.3) is 5.69 Å². The third kappa shape index (κ3) is 1.68. The summed E-state index contributed by atoms with van der Waals surface area (Å²) in [6.45, 7) is 0. The van der Waals surface area contributed by atoms with Gasteiger partial charge in [0.1, 0.15) is 11.6 Å². The summed E-state index contributed by atoms with van der Waals surface area (Å²) in [7, 11) is 0. The van der Waals surface area contributed by atoms with Gasteiger partial charge in [-0.3, -0.25) is 0 Å². The average Bonchev–Trinajstić information content (AvgIpc) is 2.61. The lowest BCUT2D eigenvalue weighted by atomic mass is 10.3. The molecule has 1 aromatic heterocycles. The third-order valence-electron chi connectivity index (χ3n) is 2.04. The maximum Gasteiger partial charge on any atom is 0.354 e. The standard InChI is InChI=1S/C10H9N3O3/c11-9-5-8(10(15)16)13(12-9)6-1-3-7(14)4-2-6/h1-5,14H,(H2,11,12)(H,15,16). The van der Waals surface area contributed by atoms with Crippen LogP contribution in [0, 0.1) is 0 Å². The summed E-state index contributed by atoms with van der Waals surface area (Å²) in [6.07, 6.45) is 0. The molecular formula is C10H9N3O3. The van der Waals surface area contributed by atoms with Crippen molar-refractivity contribution in [3.63, 3.8) is 0 Å². The Labute approximate surface area is 90.6 Å². The molecule has 2 rings (SSSR count). The number of aromatic hydroxyl groups is 1. The fourth-order valence-corrected chi connectivity index (χ4v) is 1.34. The van der Waals surface area contributed by atoms with Gasteiger partial charge in [-0.25, -0.2) is 9.48 Å². The van der Waals surface area contributed by atoms with E-state index in [1.165, 1.54) is 22.9 Å². The van der Waals surface area contributed by atoms with E-state index in [0.29, 0.717) is 5.69 Å². The molecule has 0 unspecified atom stereocenters. The summed E-state index contributed by atoms with van der Waals surface area (Å²) in [5, 5.41) is 21.9. The zero-order valence-electron chi connectivity index (χ0n) is 8.16. The highest BCUT2D eigenvalue weighted by Crippen LogP contribution is 2.17. The molecule has 0 bridgehead atoms. The van der Waals surface area contributed by atoms with E-state index in [1.807, 2.05) is 0 Å². The van der Waals surface area contributed by atoms with Crippen LogP contribution in [0.5, 0.6) is 5.75 Å². The molecule has 0 atom stereocenters. The largest absolute Gasteiger partial charge is 0.508 e. The average molecular weight is 219 g/mol. The van der Waals surface area contributed by atoms with Gasteiger partial charge in [0.05, 0.1) is 5.69 Å². The highest BCUT2D eigenvalue weighted by molar-refractivity contribution is 5.87. The lowest BCUT2D eigenvalue weighted by molar-refractivity contribution is 0.0687. The minimum absolute atomic E-state index is 0.0248. The predicted molar refractivity (Wildman–Crippen MR) is 56.6 cm³/mol. The number of aromatic nitrogens is 2. The van der Waals surface area contributed by atoms with Crippen molar-refractivity contribution >= 4 is 11.8 Å². The van der Waals surface area contributed by atoms with Crippen LogP contribution in [0.15, 0.2) is 30.3 Å². The molecule has 0 saturated heterocycles. The Hall–Kier alpha value is -2.50. The van der Waals surface area contributed by atoms with Gasteiger partial charge in [0.2, 0.25) is 0 Å². The molecule has 82 valence electrons. The second-order valence-corrected chi connectivity index (χ2v) is 3.19. The van der Waals surface area contributed by atoms with Gasteiger partial charge in [-0.05, 0) is 24.3 Å². The number of aromatic carboxylic acids is 1. The molecule has 6 nitrogen and oxygen atoms in total. The number of carboxylic acids is 1.